The van der Waals surface area contributed by atoms with E-state index in [0.29, 0.717) is 0 Å². The van der Waals surface area contributed by atoms with E-state index in [-0.39, 0.29) is 12.1 Å². The van der Waals surface area contributed by atoms with Gasteiger partial charge in [0.1, 0.15) is 0 Å². The van der Waals surface area contributed by atoms with Gasteiger partial charge in [0.05, 0.1) is 6.10 Å². The average molecular weight is 208 g/mol. The summed E-state index contributed by atoms with van der Waals surface area (Å²) >= 11 is 0. The molecule has 1 unspecified atom stereocenters. The summed E-state index contributed by atoms with van der Waals surface area (Å²) in [4.78, 5) is 0. The van der Waals surface area contributed by atoms with E-state index in [2.05, 4.69) is 17.6 Å². The number of ether oxygens (including phenoxy) is 1. The Morgan fingerprint density at radius 1 is 1.27 bits per heavy atom. The van der Waals surface area contributed by atoms with Crippen molar-refractivity contribution in [1.82, 2.24) is 5.43 Å². The lowest BCUT2D eigenvalue weighted by Crippen LogP contribution is -2.29. The first-order valence-electron chi connectivity index (χ1n) is 5.36. The zero-order valence-corrected chi connectivity index (χ0v) is 9.44. The van der Waals surface area contributed by atoms with Crippen molar-refractivity contribution >= 4 is 0 Å². The fraction of sp³-hybridized carbons (Fsp3) is 0.500. The van der Waals surface area contributed by atoms with E-state index >= 15 is 0 Å². The van der Waals surface area contributed by atoms with Crippen LogP contribution in [0.15, 0.2) is 30.3 Å². The van der Waals surface area contributed by atoms with E-state index in [1.807, 2.05) is 32.0 Å². The number of nitrogens with two attached hydrogens (primary N) is 1. The van der Waals surface area contributed by atoms with E-state index in [1.54, 1.807) is 0 Å². The Morgan fingerprint density at radius 2 is 1.93 bits per heavy atom. The highest BCUT2D eigenvalue weighted by Crippen LogP contribution is 2.15. The maximum Gasteiger partial charge on any atom is 0.0518 e. The molecule has 0 aromatic heterocycles. The Labute approximate surface area is 91.6 Å². The van der Waals surface area contributed by atoms with Crippen LogP contribution < -0.4 is 11.3 Å². The van der Waals surface area contributed by atoms with Crippen LogP contribution in [0.1, 0.15) is 31.9 Å². The molecule has 1 aromatic rings. The Hall–Kier alpha value is -0.900. The second-order valence-corrected chi connectivity index (χ2v) is 3.84. The van der Waals surface area contributed by atoms with Crippen molar-refractivity contribution in [1.29, 1.82) is 0 Å². The predicted molar refractivity (Wildman–Crippen MR) is 62.2 cm³/mol. The summed E-state index contributed by atoms with van der Waals surface area (Å²) in [5.41, 5.74) is 4.01. The van der Waals surface area contributed by atoms with E-state index < -0.39 is 0 Å². The van der Waals surface area contributed by atoms with E-state index in [0.717, 1.165) is 13.0 Å². The molecule has 0 saturated heterocycles. The zero-order chi connectivity index (χ0) is 11.1. The van der Waals surface area contributed by atoms with Gasteiger partial charge in [-0.05, 0) is 25.8 Å². The number of hydrazine groups is 1. The van der Waals surface area contributed by atoms with Crippen molar-refractivity contribution < 1.29 is 4.74 Å². The van der Waals surface area contributed by atoms with Crippen molar-refractivity contribution in [3.8, 4) is 0 Å². The highest BCUT2D eigenvalue weighted by molar-refractivity contribution is 5.18. The molecule has 3 nitrogen and oxygen atoms in total. The smallest absolute Gasteiger partial charge is 0.0518 e. The number of hydrogen-bond donors (Lipinski definition) is 2. The molecule has 1 aromatic carbocycles. The summed E-state index contributed by atoms with van der Waals surface area (Å²) in [5, 5.41) is 0. The summed E-state index contributed by atoms with van der Waals surface area (Å²) in [5.74, 6) is 5.52. The first-order valence-corrected chi connectivity index (χ1v) is 5.36. The lowest BCUT2D eigenvalue weighted by Gasteiger charge is -2.17. The van der Waals surface area contributed by atoms with Crippen molar-refractivity contribution in [3.63, 3.8) is 0 Å². The number of benzene rings is 1. The molecule has 0 amide bonds. The molecule has 0 aliphatic carbocycles. The number of hydrogen-bond acceptors (Lipinski definition) is 3. The molecule has 1 rings (SSSR count). The van der Waals surface area contributed by atoms with Gasteiger partial charge in [0.15, 0.2) is 0 Å². The Bertz CT molecular complexity index is 262. The van der Waals surface area contributed by atoms with Crippen molar-refractivity contribution in [3.05, 3.63) is 35.9 Å². The molecule has 0 radical (unpaired) electrons. The van der Waals surface area contributed by atoms with Gasteiger partial charge in [-0.3, -0.25) is 11.3 Å². The van der Waals surface area contributed by atoms with Crippen LogP contribution in [0.25, 0.3) is 0 Å². The minimum absolute atomic E-state index is 0.171. The third kappa shape index (κ3) is 4.42. The van der Waals surface area contributed by atoms with Crippen LogP contribution in [-0.4, -0.2) is 12.7 Å². The van der Waals surface area contributed by atoms with Gasteiger partial charge in [0, 0.05) is 12.6 Å². The van der Waals surface area contributed by atoms with Gasteiger partial charge in [0.25, 0.3) is 0 Å². The third-order valence-electron chi connectivity index (χ3n) is 2.26. The average Bonchev–Trinajstić information content (AvgIpc) is 2.25. The first-order chi connectivity index (χ1) is 7.24. The summed E-state index contributed by atoms with van der Waals surface area (Å²) in [6.07, 6.45) is 1.16. The van der Waals surface area contributed by atoms with E-state index in [1.165, 1.54) is 5.56 Å². The number of rotatable bonds is 6. The van der Waals surface area contributed by atoms with Gasteiger partial charge < -0.3 is 4.74 Å². The van der Waals surface area contributed by atoms with Crippen LogP contribution in [0.4, 0.5) is 0 Å². The molecule has 0 saturated carbocycles. The molecule has 0 aliphatic heterocycles. The summed E-state index contributed by atoms with van der Waals surface area (Å²) < 4.78 is 5.50. The molecule has 15 heavy (non-hydrogen) atoms. The molecule has 0 fully saturated rings. The second kappa shape index (κ2) is 6.56. The van der Waals surface area contributed by atoms with Gasteiger partial charge in [-0.1, -0.05) is 30.3 Å². The topological polar surface area (TPSA) is 47.3 Å². The Morgan fingerprint density at radius 3 is 2.47 bits per heavy atom. The van der Waals surface area contributed by atoms with Crippen molar-refractivity contribution in [2.24, 2.45) is 5.84 Å². The monoisotopic (exact) mass is 208 g/mol. The minimum atomic E-state index is 0.171. The molecule has 3 N–H and O–H groups in total. The van der Waals surface area contributed by atoms with Crippen LogP contribution >= 0.6 is 0 Å². The van der Waals surface area contributed by atoms with Gasteiger partial charge in [-0.15, -0.1) is 0 Å². The van der Waals surface area contributed by atoms with E-state index in [4.69, 9.17) is 10.6 Å². The fourth-order valence-corrected chi connectivity index (χ4v) is 1.45. The maximum absolute atomic E-state index is 5.52. The molecule has 0 heterocycles. The lowest BCUT2D eigenvalue weighted by atomic mass is 10.1. The van der Waals surface area contributed by atoms with Crippen LogP contribution in [0.2, 0.25) is 0 Å². The van der Waals surface area contributed by atoms with Gasteiger partial charge >= 0.3 is 0 Å². The quantitative estimate of drug-likeness (QED) is 0.555. The van der Waals surface area contributed by atoms with Crippen LogP contribution in [-0.2, 0) is 4.74 Å². The number of nitrogens with one attached hydrogen (secondary N) is 1. The van der Waals surface area contributed by atoms with Crippen LogP contribution in [0.3, 0.4) is 0 Å². The second-order valence-electron chi connectivity index (χ2n) is 3.84. The van der Waals surface area contributed by atoms with Crippen molar-refractivity contribution in [2.75, 3.05) is 6.61 Å². The molecular weight excluding hydrogens is 188 g/mol. The normalized spacial score (nSPS) is 13.1. The predicted octanol–water partition coefficient (Wildman–Crippen LogP) is 2.01. The summed E-state index contributed by atoms with van der Waals surface area (Å²) in [6.45, 7) is 4.79. The molecule has 1 atom stereocenters. The molecule has 0 bridgehead atoms. The Kier molecular flexibility index (Phi) is 5.32. The largest absolute Gasteiger partial charge is 0.379 e. The first kappa shape index (κ1) is 12.2. The van der Waals surface area contributed by atoms with Crippen LogP contribution in [0, 0.1) is 0 Å². The van der Waals surface area contributed by atoms with Crippen LogP contribution in [0.5, 0.6) is 0 Å². The van der Waals surface area contributed by atoms with Gasteiger partial charge in [-0.2, -0.15) is 0 Å². The van der Waals surface area contributed by atoms with E-state index in [9.17, 15) is 0 Å². The maximum atomic E-state index is 5.52. The molecule has 3 heteroatoms. The van der Waals surface area contributed by atoms with Crippen molar-refractivity contribution in [2.45, 2.75) is 32.4 Å². The third-order valence-corrected chi connectivity index (χ3v) is 2.26. The standard InChI is InChI=1S/C12H20N2O/c1-10(2)15-9-8-12(14-13)11-6-4-3-5-7-11/h3-7,10,12,14H,8-9,13H2,1-2H3. The molecular formula is C12H20N2O. The zero-order valence-electron chi connectivity index (χ0n) is 9.44. The molecule has 0 spiro atoms. The van der Waals surface area contributed by atoms with Gasteiger partial charge in [0.2, 0.25) is 0 Å². The van der Waals surface area contributed by atoms with Gasteiger partial charge in [-0.25, -0.2) is 0 Å². The summed E-state index contributed by atoms with van der Waals surface area (Å²) in [7, 11) is 0. The fourth-order valence-electron chi connectivity index (χ4n) is 1.45. The Balaban J connectivity index is 2.43. The summed E-state index contributed by atoms with van der Waals surface area (Å²) in [6, 6.07) is 10.3. The highest BCUT2D eigenvalue weighted by atomic mass is 16.5. The highest BCUT2D eigenvalue weighted by Gasteiger charge is 2.08. The molecule has 0 aliphatic rings. The lowest BCUT2D eigenvalue weighted by molar-refractivity contribution is 0.0714. The molecule has 84 valence electrons. The minimum Gasteiger partial charge on any atom is -0.379 e. The SMILES string of the molecule is CC(C)OCCC(NN)c1ccccc1.